The Hall–Kier alpha value is -1.93. The number of aryl methyl sites for hydroxylation is 1. The molecule has 21 heavy (non-hydrogen) atoms. The maximum Gasteiger partial charge on any atom is 0.281 e. The van der Waals surface area contributed by atoms with Crippen LogP contribution in [0.3, 0.4) is 0 Å². The van der Waals surface area contributed by atoms with E-state index in [2.05, 4.69) is 9.97 Å². The van der Waals surface area contributed by atoms with Crippen molar-refractivity contribution in [2.75, 3.05) is 17.4 Å². The van der Waals surface area contributed by atoms with Crippen LogP contribution in [0.1, 0.15) is 12.2 Å². The normalized spacial score (nSPS) is 11.6. The SMILES string of the molecule is Cc1ncc(S(=O)(=O)N(CCCN)c2ccc(F)cc2)[nH]1. The van der Waals surface area contributed by atoms with Gasteiger partial charge in [0, 0.05) is 6.54 Å². The smallest absolute Gasteiger partial charge is 0.281 e. The molecule has 0 atom stereocenters. The molecule has 8 heteroatoms. The highest BCUT2D eigenvalue weighted by Gasteiger charge is 2.26. The average molecular weight is 312 g/mol. The lowest BCUT2D eigenvalue weighted by Crippen LogP contribution is -2.33. The van der Waals surface area contributed by atoms with E-state index in [9.17, 15) is 12.8 Å². The second kappa shape index (κ2) is 6.23. The fraction of sp³-hybridized carbons (Fsp3) is 0.308. The summed E-state index contributed by atoms with van der Waals surface area (Å²) in [7, 11) is -3.78. The van der Waals surface area contributed by atoms with Crippen LogP contribution in [0.5, 0.6) is 0 Å². The van der Waals surface area contributed by atoms with Gasteiger partial charge in [-0.15, -0.1) is 0 Å². The van der Waals surface area contributed by atoms with Crippen molar-refractivity contribution in [3.8, 4) is 0 Å². The van der Waals surface area contributed by atoms with E-state index in [-0.39, 0.29) is 11.6 Å². The number of halogens is 1. The van der Waals surface area contributed by atoms with Crippen molar-refractivity contribution in [3.05, 3.63) is 42.1 Å². The second-order valence-corrected chi connectivity index (χ2v) is 6.36. The fourth-order valence-corrected chi connectivity index (χ4v) is 3.35. The first kappa shape index (κ1) is 15.5. The number of benzene rings is 1. The molecule has 0 fully saturated rings. The van der Waals surface area contributed by atoms with Gasteiger partial charge < -0.3 is 10.7 Å². The Kier molecular flexibility index (Phi) is 4.59. The van der Waals surface area contributed by atoms with Crippen molar-refractivity contribution in [3.63, 3.8) is 0 Å². The first-order valence-corrected chi connectivity index (χ1v) is 7.89. The van der Waals surface area contributed by atoms with E-state index in [1.54, 1.807) is 6.92 Å². The van der Waals surface area contributed by atoms with Crippen molar-refractivity contribution in [1.29, 1.82) is 0 Å². The average Bonchev–Trinajstić information content (AvgIpc) is 2.88. The maximum atomic E-state index is 13.0. The highest BCUT2D eigenvalue weighted by Crippen LogP contribution is 2.23. The largest absolute Gasteiger partial charge is 0.332 e. The number of anilines is 1. The van der Waals surface area contributed by atoms with Gasteiger partial charge in [-0.2, -0.15) is 8.42 Å². The summed E-state index contributed by atoms with van der Waals surface area (Å²) in [6.07, 6.45) is 1.76. The summed E-state index contributed by atoms with van der Waals surface area (Å²) in [5.74, 6) is 0.0822. The number of aromatic nitrogens is 2. The predicted octanol–water partition coefficient (Wildman–Crippen LogP) is 1.40. The topological polar surface area (TPSA) is 92.1 Å². The summed E-state index contributed by atoms with van der Waals surface area (Å²) in [5, 5.41) is 0.00125. The molecule has 0 saturated heterocycles. The summed E-state index contributed by atoms with van der Waals surface area (Å²) in [5.41, 5.74) is 5.85. The zero-order chi connectivity index (χ0) is 15.5. The molecule has 1 aromatic carbocycles. The molecular formula is C13H17FN4O2S. The zero-order valence-electron chi connectivity index (χ0n) is 11.6. The molecule has 1 aromatic heterocycles. The maximum absolute atomic E-state index is 13.0. The first-order chi connectivity index (χ1) is 9.95. The molecule has 0 unspecified atom stereocenters. The lowest BCUT2D eigenvalue weighted by atomic mass is 10.3. The summed E-state index contributed by atoms with van der Waals surface area (Å²) >= 11 is 0. The van der Waals surface area contributed by atoms with Crippen LogP contribution in [0.2, 0.25) is 0 Å². The van der Waals surface area contributed by atoms with E-state index < -0.39 is 15.8 Å². The third kappa shape index (κ3) is 3.40. The van der Waals surface area contributed by atoms with Crippen molar-refractivity contribution in [2.45, 2.75) is 18.4 Å². The van der Waals surface area contributed by atoms with Gasteiger partial charge >= 0.3 is 0 Å². The molecule has 2 aromatic rings. The molecule has 2 rings (SSSR count). The molecule has 3 N–H and O–H groups in total. The monoisotopic (exact) mass is 312 g/mol. The van der Waals surface area contributed by atoms with E-state index >= 15 is 0 Å². The molecule has 0 radical (unpaired) electrons. The molecule has 0 amide bonds. The highest BCUT2D eigenvalue weighted by molar-refractivity contribution is 7.92. The molecule has 0 spiro atoms. The Labute approximate surface area is 122 Å². The van der Waals surface area contributed by atoms with Crippen LogP contribution < -0.4 is 10.0 Å². The van der Waals surface area contributed by atoms with Crippen LogP contribution in [0.4, 0.5) is 10.1 Å². The van der Waals surface area contributed by atoms with Crippen LogP contribution in [0.15, 0.2) is 35.5 Å². The number of sulfonamides is 1. The van der Waals surface area contributed by atoms with Gasteiger partial charge in [-0.3, -0.25) is 4.31 Å². The standard InChI is InChI=1S/C13H17FN4O2S/c1-10-16-9-13(17-10)21(19,20)18(8-2-7-15)12-5-3-11(14)4-6-12/h3-6,9H,2,7-8,15H2,1H3,(H,16,17). The quantitative estimate of drug-likeness (QED) is 0.843. The lowest BCUT2D eigenvalue weighted by Gasteiger charge is -2.23. The number of rotatable bonds is 6. The third-order valence-electron chi connectivity index (χ3n) is 2.93. The predicted molar refractivity (Wildman–Crippen MR) is 77.9 cm³/mol. The van der Waals surface area contributed by atoms with Crippen LogP contribution in [0.25, 0.3) is 0 Å². The Morgan fingerprint density at radius 3 is 2.52 bits per heavy atom. The number of hydrogen-bond donors (Lipinski definition) is 2. The first-order valence-electron chi connectivity index (χ1n) is 6.45. The molecule has 0 aliphatic rings. The number of hydrogen-bond acceptors (Lipinski definition) is 4. The number of H-pyrrole nitrogens is 1. The lowest BCUT2D eigenvalue weighted by molar-refractivity contribution is 0.585. The van der Waals surface area contributed by atoms with Crippen LogP contribution >= 0.6 is 0 Å². The Morgan fingerprint density at radius 2 is 2.00 bits per heavy atom. The van der Waals surface area contributed by atoms with Gasteiger partial charge in [0.15, 0.2) is 5.03 Å². The van der Waals surface area contributed by atoms with Gasteiger partial charge in [0.2, 0.25) is 0 Å². The van der Waals surface area contributed by atoms with Gasteiger partial charge in [0.25, 0.3) is 10.0 Å². The van der Waals surface area contributed by atoms with E-state index in [1.165, 1.54) is 34.8 Å². The van der Waals surface area contributed by atoms with Crippen LogP contribution in [-0.2, 0) is 10.0 Å². The minimum absolute atomic E-state index is 0.00125. The molecule has 0 aliphatic heterocycles. The minimum Gasteiger partial charge on any atom is -0.332 e. The number of aromatic amines is 1. The summed E-state index contributed by atoms with van der Waals surface area (Å²) in [6.45, 7) is 2.24. The fourth-order valence-electron chi connectivity index (χ4n) is 1.88. The number of imidazole rings is 1. The Bertz CT molecular complexity index is 697. The third-order valence-corrected chi connectivity index (χ3v) is 4.66. The van der Waals surface area contributed by atoms with Gasteiger partial charge in [-0.05, 0) is 44.2 Å². The van der Waals surface area contributed by atoms with Crippen LogP contribution in [0, 0.1) is 12.7 Å². The number of nitrogens with one attached hydrogen (secondary N) is 1. The minimum atomic E-state index is -3.78. The molecular weight excluding hydrogens is 295 g/mol. The van der Waals surface area contributed by atoms with E-state index in [1.807, 2.05) is 0 Å². The van der Waals surface area contributed by atoms with E-state index in [0.717, 1.165) is 0 Å². The Morgan fingerprint density at radius 1 is 1.33 bits per heavy atom. The van der Waals surface area contributed by atoms with Crippen molar-refractivity contribution >= 4 is 15.7 Å². The van der Waals surface area contributed by atoms with Crippen LogP contribution in [-0.4, -0.2) is 31.5 Å². The molecule has 0 aliphatic carbocycles. The molecule has 1 heterocycles. The van der Waals surface area contributed by atoms with Gasteiger partial charge in [-0.1, -0.05) is 0 Å². The van der Waals surface area contributed by atoms with Gasteiger partial charge in [-0.25, -0.2) is 9.37 Å². The summed E-state index contributed by atoms with van der Waals surface area (Å²) in [6, 6.07) is 5.29. The Balaban J connectivity index is 2.42. The molecule has 0 bridgehead atoms. The van der Waals surface area contributed by atoms with E-state index in [0.29, 0.717) is 24.5 Å². The molecule has 6 nitrogen and oxygen atoms in total. The summed E-state index contributed by atoms with van der Waals surface area (Å²) in [4.78, 5) is 6.62. The van der Waals surface area contributed by atoms with E-state index in [4.69, 9.17) is 5.73 Å². The molecule has 0 saturated carbocycles. The van der Waals surface area contributed by atoms with Crippen molar-refractivity contribution < 1.29 is 12.8 Å². The van der Waals surface area contributed by atoms with Crippen molar-refractivity contribution in [2.24, 2.45) is 5.73 Å². The summed E-state index contributed by atoms with van der Waals surface area (Å²) < 4.78 is 39.5. The highest BCUT2D eigenvalue weighted by atomic mass is 32.2. The molecule has 114 valence electrons. The van der Waals surface area contributed by atoms with Gasteiger partial charge in [0.1, 0.15) is 11.6 Å². The second-order valence-electron chi connectivity index (χ2n) is 4.53. The number of nitrogens with two attached hydrogens (primary N) is 1. The van der Waals surface area contributed by atoms with Gasteiger partial charge in [0.05, 0.1) is 11.9 Å². The zero-order valence-corrected chi connectivity index (χ0v) is 12.4. The number of nitrogens with zero attached hydrogens (tertiary/aromatic N) is 2. The van der Waals surface area contributed by atoms with Crippen molar-refractivity contribution in [1.82, 2.24) is 9.97 Å².